The smallest absolute Gasteiger partial charge is 0.135 e. The minimum Gasteiger partial charge on any atom is -0.135 e. The summed E-state index contributed by atoms with van der Waals surface area (Å²) < 4.78 is 0. The first-order chi connectivity index (χ1) is 18.0. The van der Waals surface area contributed by atoms with E-state index in [2.05, 4.69) is 147 Å². The van der Waals surface area contributed by atoms with Gasteiger partial charge < -0.3 is 0 Å². The number of allylic oxidation sites excluding steroid dienone is 4. The zero-order chi connectivity index (χ0) is 25.8. The van der Waals surface area contributed by atoms with Gasteiger partial charge in [-0.25, -0.2) is 0 Å². The molecule has 0 saturated heterocycles. The lowest BCUT2D eigenvalue weighted by molar-refractivity contribution is 0.919. The molecule has 5 rings (SSSR count). The highest BCUT2D eigenvalue weighted by atomic mass is 32.1. The van der Waals surface area contributed by atoms with Gasteiger partial charge in [-0.2, -0.15) is 0 Å². The minimum absolute atomic E-state index is 0.438. The molecule has 3 heterocycles. The molecule has 1 aliphatic rings. The molecule has 0 fully saturated rings. The first kappa shape index (κ1) is 25.3. The fraction of sp³-hybridized carbons (Fsp3) is 0.176. The van der Waals surface area contributed by atoms with Crippen molar-refractivity contribution in [2.75, 3.05) is 0 Å². The molecule has 2 aromatic heterocycles. The highest BCUT2D eigenvalue weighted by Gasteiger charge is 2.53. The first-order valence-electron chi connectivity index (χ1n) is 12.7. The Labute approximate surface area is 230 Å². The van der Waals surface area contributed by atoms with Crippen molar-refractivity contribution in [3.05, 3.63) is 127 Å². The lowest BCUT2D eigenvalue weighted by atomic mass is 9.91. The SMILES string of the molecule is CC(C)[Si]1(C(C)C)C(C#Cc2cccs2)=C(c2ccccc2)C(c2ccccc2)=C1C#Cc1cccs1. The number of rotatable bonds is 4. The Bertz CT molecular complexity index is 1420. The number of benzene rings is 2. The molecule has 2 aromatic carbocycles. The predicted molar refractivity (Wildman–Crippen MR) is 165 cm³/mol. The maximum Gasteiger partial charge on any atom is 0.146 e. The molecule has 0 bridgehead atoms. The fourth-order valence-electron chi connectivity index (χ4n) is 5.68. The second-order valence-electron chi connectivity index (χ2n) is 9.87. The summed E-state index contributed by atoms with van der Waals surface area (Å²) in [7, 11) is -2.38. The van der Waals surface area contributed by atoms with Crippen molar-refractivity contribution < 1.29 is 0 Å². The van der Waals surface area contributed by atoms with E-state index in [1.807, 2.05) is 0 Å². The number of hydrogen-bond donors (Lipinski definition) is 0. The maximum atomic E-state index is 3.80. The van der Waals surface area contributed by atoms with Crippen molar-refractivity contribution in [2.24, 2.45) is 0 Å². The van der Waals surface area contributed by atoms with Gasteiger partial charge in [-0.1, -0.05) is 124 Å². The van der Waals surface area contributed by atoms with Crippen molar-refractivity contribution in [3.63, 3.8) is 0 Å². The van der Waals surface area contributed by atoms with E-state index in [-0.39, 0.29) is 0 Å². The second kappa shape index (κ2) is 11.0. The summed E-state index contributed by atoms with van der Waals surface area (Å²) in [5.74, 6) is 14.7. The molecule has 0 unspecified atom stereocenters. The van der Waals surface area contributed by atoms with Crippen LogP contribution in [0.5, 0.6) is 0 Å². The largest absolute Gasteiger partial charge is 0.146 e. The summed E-state index contributed by atoms with van der Waals surface area (Å²) in [4.78, 5) is 2.21. The molecule has 0 aliphatic carbocycles. The number of thiophene rings is 2. The summed E-state index contributed by atoms with van der Waals surface area (Å²) in [6, 6.07) is 30.1. The quantitative estimate of drug-likeness (QED) is 0.182. The Morgan fingerprint density at radius 2 is 0.919 bits per heavy atom. The molecular formula is C34H30S2Si. The van der Waals surface area contributed by atoms with Crippen LogP contribution in [0.4, 0.5) is 0 Å². The molecule has 4 aromatic rings. The van der Waals surface area contributed by atoms with Gasteiger partial charge in [0.2, 0.25) is 0 Å². The van der Waals surface area contributed by atoms with E-state index < -0.39 is 8.07 Å². The Morgan fingerprint density at radius 3 is 1.24 bits per heavy atom. The van der Waals surface area contributed by atoms with Gasteiger partial charge in [-0.15, -0.1) is 22.7 Å². The van der Waals surface area contributed by atoms with Gasteiger partial charge in [0.15, 0.2) is 0 Å². The van der Waals surface area contributed by atoms with Crippen molar-refractivity contribution in [1.82, 2.24) is 0 Å². The third-order valence-corrected chi connectivity index (χ3v) is 14.8. The summed E-state index contributed by atoms with van der Waals surface area (Å²) >= 11 is 3.41. The van der Waals surface area contributed by atoms with Crippen LogP contribution in [0.3, 0.4) is 0 Å². The van der Waals surface area contributed by atoms with E-state index in [1.54, 1.807) is 22.7 Å². The van der Waals surface area contributed by atoms with E-state index in [9.17, 15) is 0 Å². The van der Waals surface area contributed by atoms with Crippen LogP contribution in [-0.2, 0) is 0 Å². The monoisotopic (exact) mass is 530 g/mol. The lowest BCUT2D eigenvalue weighted by Gasteiger charge is -2.37. The van der Waals surface area contributed by atoms with Crippen LogP contribution in [-0.4, -0.2) is 8.07 Å². The molecule has 0 N–H and O–H groups in total. The second-order valence-corrected chi connectivity index (χ2v) is 16.8. The molecule has 0 saturated carbocycles. The van der Waals surface area contributed by atoms with E-state index >= 15 is 0 Å². The molecule has 3 heteroatoms. The average molecular weight is 531 g/mol. The Hall–Kier alpha value is -3.34. The first-order valence-corrected chi connectivity index (χ1v) is 16.7. The Kier molecular flexibility index (Phi) is 7.49. The molecule has 0 amide bonds. The van der Waals surface area contributed by atoms with Crippen LogP contribution in [0.2, 0.25) is 11.1 Å². The summed E-state index contributed by atoms with van der Waals surface area (Å²) in [5, 5.41) is 6.86. The molecule has 0 nitrogen and oxygen atoms in total. The molecule has 1 aliphatic heterocycles. The molecule has 0 atom stereocenters. The molecular weight excluding hydrogens is 501 g/mol. The van der Waals surface area contributed by atoms with Crippen LogP contribution >= 0.6 is 22.7 Å². The van der Waals surface area contributed by atoms with Crippen molar-refractivity contribution >= 4 is 41.9 Å². The van der Waals surface area contributed by atoms with Crippen molar-refractivity contribution in [1.29, 1.82) is 0 Å². The van der Waals surface area contributed by atoms with Gasteiger partial charge in [0, 0.05) is 10.4 Å². The highest BCUT2D eigenvalue weighted by molar-refractivity contribution is 7.10. The summed E-state index contributed by atoms with van der Waals surface area (Å²) in [6.07, 6.45) is 0. The van der Waals surface area contributed by atoms with Crippen LogP contribution in [0.15, 0.2) is 106 Å². The van der Waals surface area contributed by atoms with E-state index in [4.69, 9.17) is 0 Å². The molecule has 37 heavy (non-hydrogen) atoms. The van der Waals surface area contributed by atoms with Crippen LogP contribution in [0.1, 0.15) is 48.6 Å². The standard InChI is InChI=1S/C34H30S2Si/c1-25(2)37(26(3)4)31(21-19-29-17-11-23-35-29)33(27-13-7-5-8-14-27)34(28-15-9-6-10-16-28)32(37)22-20-30-18-12-24-36-30/h5-18,23-26H,1-4H3. The zero-order valence-electron chi connectivity index (χ0n) is 21.7. The van der Waals surface area contributed by atoms with Gasteiger partial charge in [-0.05, 0) is 56.2 Å². The Balaban J connectivity index is 1.92. The predicted octanol–water partition coefficient (Wildman–Crippen LogP) is 9.48. The third-order valence-electron chi connectivity index (χ3n) is 7.19. The highest BCUT2D eigenvalue weighted by Crippen LogP contribution is 2.56. The van der Waals surface area contributed by atoms with Gasteiger partial charge in [0.05, 0.1) is 9.75 Å². The van der Waals surface area contributed by atoms with Gasteiger partial charge in [0.1, 0.15) is 8.07 Å². The van der Waals surface area contributed by atoms with E-state index in [0.29, 0.717) is 11.1 Å². The normalized spacial score (nSPS) is 14.5. The molecule has 0 radical (unpaired) electrons. The van der Waals surface area contributed by atoms with Gasteiger partial charge in [-0.3, -0.25) is 0 Å². The Morgan fingerprint density at radius 1 is 0.514 bits per heavy atom. The minimum atomic E-state index is -2.38. The lowest BCUT2D eigenvalue weighted by Crippen LogP contribution is -2.44. The third kappa shape index (κ3) is 4.72. The van der Waals surface area contributed by atoms with Crippen molar-refractivity contribution in [2.45, 2.75) is 38.8 Å². The van der Waals surface area contributed by atoms with Gasteiger partial charge >= 0.3 is 0 Å². The topological polar surface area (TPSA) is 0 Å². The van der Waals surface area contributed by atoms with Crippen LogP contribution in [0, 0.1) is 23.7 Å². The molecule has 0 spiro atoms. The summed E-state index contributed by atoms with van der Waals surface area (Å²) in [6.45, 7) is 9.57. The van der Waals surface area contributed by atoms with Crippen molar-refractivity contribution in [3.8, 4) is 23.7 Å². The average Bonchev–Trinajstić information content (AvgIpc) is 3.67. The molecule has 182 valence electrons. The van der Waals surface area contributed by atoms with E-state index in [1.165, 1.54) is 32.7 Å². The fourth-order valence-corrected chi connectivity index (χ4v) is 12.6. The van der Waals surface area contributed by atoms with Crippen LogP contribution in [0.25, 0.3) is 11.1 Å². The van der Waals surface area contributed by atoms with E-state index in [0.717, 1.165) is 9.75 Å². The zero-order valence-corrected chi connectivity index (χ0v) is 24.3. The van der Waals surface area contributed by atoms with Gasteiger partial charge in [0.25, 0.3) is 0 Å². The van der Waals surface area contributed by atoms with Crippen LogP contribution < -0.4 is 0 Å². The number of hydrogen-bond acceptors (Lipinski definition) is 2. The summed E-state index contributed by atoms with van der Waals surface area (Å²) in [5.41, 5.74) is 5.88. The maximum absolute atomic E-state index is 3.80.